The maximum atomic E-state index is 15.3. The van der Waals surface area contributed by atoms with E-state index in [1.807, 2.05) is 184 Å². The van der Waals surface area contributed by atoms with E-state index in [4.69, 9.17) is 18.9 Å². The monoisotopic (exact) mass is 1210 g/mol. The highest BCUT2D eigenvalue weighted by Gasteiger charge is 2.56. The fraction of sp³-hybridized carbons (Fsp3) is 0.200. The molecule has 10 aromatic carbocycles. The first kappa shape index (κ1) is 58.9. The highest BCUT2D eigenvalue weighted by molar-refractivity contribution is 6.13. The number of hydrogen-bond donors (Lipinski definition) is 0. The zero-order chi connectivity index (χ0) is 63.8. The summed E-state index contributed by atoms with van der Waals surface area (Å²) in [6.07, 6.45) is 0.708. The van der Waals surface area contributed by atoms with E-state index >= 15 is 9.59 Å². The summed E-state index contributed by atoms with van der Waals surface area (Å²) < 4.78 is 27.1. The minimum Gasteiger partial charge on any atom is -0.456 e. The number of benzene rings is 10. The molecule has 2 amide bonds. The van der Waals surface area contributed by atoms with Crippen molar-refractivity contribution in [1.29, 1.82) is 0 Å². The Morgan fingerprint density at radius 2 is 0.739 bits per heavy atom. The third-order valence-corrected chi connectivity index (χ3v) is 19.4. The summed E-state index contributed by atoms with van der Waals surface area (Å²) in [4.78, 5) is 66.8. The number of aryl methyl sites for hydroxylation is 2. The van der Waals surface area contributed by atoms with E-state index in [9.17, 15) is 9.59 Å². The Morgan fingerprint density at radius 3 is 1.11 bits per heavy atom. The van der Waals surface area contributed by atoms with Crippen LogP contribution < -0.4 is 29.1 Å². The summed E-state index contributed by atoms with van der Waals surface area (Å²) >= 11 is 0. The lowest BCUT2D eigenvalue weighted by atomic mass is 9.74. The predicted octanol–water partition coefficient (Wildman–Crippen LogP) is 17.8. The van der Waals surface area contributed by atoms with Crippen LogP contribution in [0.4, 0.5) is 34.1 Å². The average molecular weight is 1220 g/mol. The van der Waals surface area contributed by atoms with E-state index in [0.717, 1.165) is 59.8 Å². The topological polar surface area (TPSA) is 118 Å². The van der Waals surface area contributed by atoms with Gasteiger partial charge in [0.25, 0.3) is 11.8 Å². The Kier molecular flexibility index (Phi) is 14.7. The minimum absolute atomic E-state index is 0.246. The average Bonchev–Trinajstić information content (AvgIpc) is 1.43. The first-order chi connectivity index (χ1) is 44.7. The van der Waals surface area contributed by atoms with Gasteiger partial charge < -0.3 is 28.7 Å². The molecule has 4 aliphatic heterocycles. The number of ether oxygens (including phenoxy) is 4. The van der Waals surface area contributed by atoms with Crippen molar-refractivity contribution in [1.82, 2.24) is 0 Å². The predicted molar refractivity (Wildman–Crippen MR) is 361 cm³/mol. The molecule has 4 aliphatic rings. The van der Waals surface area contributed by atoms with Gasteiger partial charge in [0.15, 0.2) is 11.2 Å². The van der Waals surface area contributed by atoms with Crippen LogP contribution in [0, 0.1) is 13.8 Å². The molecule has 2 spiro atoms. The lowest BCUT2D eigenvalue weighted by Gasteiger charge is -2.38. The molecule has 0 aliphatic carbocycles. The Bertz CT molecular complexity index is 4310. The van der Waals surface area contributed by atoms with Crippen molar-refractivity contribution in [3.8, 4) is 23.0 Å². The Morgan fingerprint density at radius 1 is 0.391 bits per heavy atom. The van der Waals surface area contributed by atoms with Gasteiger partial charge in [-0.2, -0.15) is 0 Å². The summed E-state index contributed by atoms with van der Waals surface area (Å²) in [7, 11) is 0. The number of fused-ring (bicyclic) bond motifs is 12. The van der Waals surface area contributed by atoms with Crippen LogP contribution in [0.5, 0.6) is 23.0 Å². The second-order valence-corrected chi connectivity index (χ2v) is 24.2. The highest BCUT2D eigenvalue weighted by Crippen LogP contribution is 2.60. The summed E-state index contributed by atoms with van der Waals surface area (Å²) in [5.41, 5.74) is 10.6. The molecular weight excluding hydrogens is 1140 g/mol. The quantitative estimate of drug-likeness (QED) is 0.0918. The number of hydrogen-bond acceptors (Lipinski definition) is 10. The van der Waals surface area contributed by atoms with Crippen molar-refractivity contribution < 1.29 is 38.1 Å². The SMILES string of the molecule is CCN(CC)c1ccc2c(c1)Oc1cc(C)c(N(C(=O)c3ccccc3)c3ccc(C(C)(CC)c4ccc(N(C(=O)c5ccccc5)c5cc6c(cc5C)Oc5cc(N(CC)CC)ccc5C65OC(=O)c6ccccc65)cc4)cc3)cc1C21OC(=O)c2ccccc21. The number of nitrogens with zero attached hydrogens (tertiary/aromatic N) is 4. The van der Waals surface area contributed by atoms with Gasteiger partial charge in [0.05, 0.1) is 22.5 Å². The number of anilines is 6. The van der Waals surface area contributed by atoms with E-state index in [1.54, 1.807) is 21.9 Å². The van der Waals surface area contributed by atoms with Crippen LogP contribution >= 0.6 is 0 Å². The molecule has 0 fully saturated rings. The molecule has 10 aromatic rings. The van der Waals surface area contributed by atoms with Gasteiger partial charge in [0.2, 0.25) is 0 Å². The van der Waals surface area contributed by atoms with Crippen molar-refractivity contribution in [2.45, 2.75) is 78.4 Å². The molecule has 4 heterocycles. The third-order valence-electron chi connectivity index (χ3n) is 19.4. The second-order valence-electron chi connectivity index (χ2n) is 24.2. The van der Waals surface area contributed by atoms with Crippen molar-refractivity contribution in [2.24, 2.45) is 0 Å². The third kappa shape index (κ3) is 9.16. The molecule has 2 atom stereocenters. The van der Waals surface area contributed by atoms with Crippen molar-refractivity contribution in [2.75, 3.05) is 45.8 Å². The van der Waals surface area contributed by atoms with Crippen LogP contribution in [-0.4, -0.2) is 49.9 Å². The highest BCUT2D eigenvalue weighted by atomic mass is 16.6. The van der Waals surface area contributed by atoms with E-state index in [-0.39, 0.29) is 11.8 Å². The summed E-state index contributed by atoms with van der Waals surface area (Å²) in [6.45, 7) is 20.0. The largest absolute Gasteiger partial charge is 0.456 e. The second kappa shape index (κ2) is 22.9. The lowest BCUT2D eigenvalue weighted by Crippen LogP contribution is -2.34. The Balaban J connectivity index is 0.848. The summed E-state index contributed by atoms with van der Waals surface area (Å²) in [6, 6.07) is 69.8. The van der Waals surface area contributed by atoms with Crippen LogP contribution in [-0.2, 0) is 26.1 Å². The summed E-state index contributed by atoms with van der Waals surface area (Å²) in [5.74, 6) is 0.862. The number of esters is 2. The first-order valence-electron chi connectivity index (χ1n) is 31.8. The van der Waals surface area contributed by atoms with Crippen molar-refractivity contribution in [3.05, 3.63) is 296 Å². The number of amides is 2. The van der Waals surface area contributed by atoms with E-state index < -0.39 is 28.6 Å². The van der Waals surface area contributed by atoms with E-state index in [2.05, 4.69) is 87.7 Å². The Hall–Kier alpha value is -10.7. The van der Waals surface area contributed by atoms with Crippen LogP contribution in [0.2, 0.25) is 0 Å². The molecular formula is C80H70N4O8. The molecule has 458 valence electrons. The van der Waals surface area contributed by atoms with Gasteiger partial charge in [0.1, 0.15) is 23.0 Å². The van der Waals surface area contributed by atoms with Gasteiger partial charge >= 0.3 is 11.9 Å². The van der Waals surface area contributed by atoms with E-state index in [0.29, 0.717) is 108 Å². The van der Waals surface area contributed by atoms with Crippen LogP contribution in [0.25, 0.3) is 0 Å². The fourth-order valence-electron chi connectivity index (χ4n) is 14.3. The summed E-state index contributed by atoms with van der Waals surface area (Å²) in [5, 5.41) is 0. The number of rotatable bonds is 15. The molecule has 12 heteroatoms. The van der Waals surface area contributed by atoms with Gasteiger partial charge in [-0.15, -0.1) is 0 Å². The Labute approximate surface area is 536 Å². The van der Waals surface area contributed by atoms with Gasteiger partial charge in [0, 0.05) is 111 Å². The molecule has 0 saturated heterocycles. The van der Waals surface area contributed by atoms with Gasteiger partial charge in [-0.05, 0) is 179 Å². The van der Waals surface area contributed by atoms with Crippen molar-refractivity contribution >= 4 is 57.9 Å². The number of carbonyl (C=O) groups excluding carboxylic acids is 4. The minimum atomic E-state index is -1.38. The molecule has 92 heavy (non-hydrogen) atoms. The van der Waals surface area contributed by atoms with Crippen LogP contribution in [0.15, 0.2) is 218 Å². The molecule has 0 N–H and O–H groups in total. The van der Waals surface area contributed by atoms with Crippen molar-refractivity contribution in [3.63, 3.8) is 0 Å². The lowest BCUT2D eigenvalue weighted by molar-refractivity contribution is 0.0214. The molecule has 0 bridgehead atoms. The number of carbonyl (C=O) groups is 4. The van der Waals surface area contributed by atoms with E-state index in [1.165, 1.54) is 0 Å². The molecule has 0 radical (unpaired) electrons. The smallest absolute Gasteiger partial charge is 0.340 e. The fourth-order valence-corrected chi connectivity index (χ4v) is 14.3. The standard InChI is InChI=1S/C80H70N4O8/c1-9-78(8,54-32-36-56(37-33-54)83(74(85)52-24-16-14-17-25-52)68-48-66-70(44-50(68)6)89-72-46-58(81(10-2)11-3)40-42-64(72)79(66)62-30-22-20-28-60(62)76(87)91-79)55-34-38-57(39-35-55)84(75(86)53-26-18-15-19-27-53)69-49-67-71(45-51(69)7)90-73-47-59(82(12-4)13-5)41-43-65(73)80(67)63-31-23-21-29-61(63)77(88)92-80/h14-49H,9-13H2,1-8H3. The maximum Gasteiger partial charge on any atom is 0.340 e. The van der Waals surface area contributed by atoms with Crippen LogP contribution in [0.3, 0.4) is 0 Å². The zero-order valence-electron chi connectivity index (χ0n) is 52.9. The molecule has 0 saturated carbocycles. The molecule has 0 aromatic heterocycles. The normalized spacial score (nSPS) is 16.7. The van der Waals surface area contributed by atoms with Gasteiger partial charge in [-0.1, -0.05) is 111 Å². The van der Waals surface area contributed by atoms with Crippen LogP contribution in [0.1, 0.15) is 145 Å². The zero-order valence-corrected chi connectivity index (χ0v) is 52.9. The molecule has 14 rings (SSSR count). The molecule has 12 nitrogen and oxygen atoms in total. The van der Waals surface area contributed by atoms with Gasteiger partial charge in [-0.3, -0.25) is 19.4 Å². The van der Waals surface area contributed by atoms with Gasteiger partial charge in [-0.25, -0.2) is 9.59 Å². The maximum absolute atomic E-state index is 15.3. The first-order valence-corrected chi connectivity index (χ1v) is 31.8. The molecule has 2 unspecified atom stereocenters.